The number of ether oxygens (including phenoxy) is 3. The Labute approximate surface area is 409 Å². The summed E-state index contributed by atoms with van der Waals surface area (Å²) in [4.78, 5) is 37.3. The molecule has 2 unspecified atom stereocenters. The molecular formula is C58H112NO7+. The summed E-state index contributed by atoms with van der Waals surface area (Å²) in [5.74, 6) is -1.45. The van der Waals surface area contributed by atoms with E-state index in [1.807, 2.05) is 21.1 Å². The summed E-state index contributed by atoms with van der Waals surface area (Å²) < 4.78 is 17.4. The van der Waals surface area contributed by atoms with Crippen molar-refractivity contribution in [2.75, 3.05) is 41.0 Å². The fourth-order valence-corrected chi connectivity index (χ4v) is 8.97. The van der Waals surface area contributed by atoms with Gasteiger partial charge in [0.25, 0.3) is 0 Å². The monoisotopic (exact) mass is 935 g/mol. The minimum atomic E-state index is -0.870. The third kappa shape index (κ3) is 47.1. The zero-order valence-corrected chi connectivity index (χ0v) is 44.7. The third-order valence-corrected chi connectivity index (χ3v) is 13.4. The Balaban J connectivity index is 4.13. The van der Waals surface area contributed by atoms with Crippen molar-refractivity contribution in [3.8, 4) is 0 Å². The van der Waals surface area contributed by atoms with Gasteiger partial charge in [-0.25, -0.2) is 4.79 Å². The smallest absolute Gasteiger partial charge is 0.362 e. The van der Waals surface area contributed by atoms with E-state index in [2.05, 4.69) is 26.0 Å². The fourth-order valence-electron chi connectivity index (χ4n) is 8.97. The molecule has 2 atom stereocenters. The molecule has 1 N–H and O–H groups in total. The lowest BCUT2D eigenvalue weighted by Gasteiger charge is -2.31. The van der Waals surface area contributed by atoms with E-state index in [4.69, 9.17) is 14.2 Å². The van der Waals surface area contributed by atoms with Gasteiger partial charge in [0.05, 0.1) is 34.4 Å². The average molecular weight is 936 g/mol. The van der Waals surface area contributed by atoms with Crippen LogP contribution in [0.4, 0.5) is 0 Å². The van der Waals surface area contributed by atoms with Gasteiger partial charge in [-0.05, 0) is 38.5 Å². The van der Waals surface area contributed by atoms with Crippen LogP contribution in [0.2, 0.25) is 0 Å². The third-order valence-electron chi connectivity index (χ3n) is 13.4. The van der Waals surface area contributed by atoms with Gasteiger partial charge < -0.3 is 23.8 Å². The molecule has 0 aromatic rings. The molecule has 0 saturated heterocycles. The zero-order chi connectivity index (χ0) is 48.4. The number of likely N-dealkylation sites (N-methyl/N-ethyl adjacent to an activating group) is 1. The lowest BCUT2D eigenvalue weighted by atomic mass is 10.0. The molecule has 8 heteroatoms. The predicted molar refractivity (Wildman–Crippen MR) is 280 cm³/mol. The van der Waals surface area contributed by atoms with Gasteiger partial charge in [-0.3, -0.25) is 9.59 Å². The molecule has 0 saturated carbocycles. The number of quaternary nitrogens is 1. The van der Waals surface area contributed by atoms with Crippen molar-refractivity contribution in [3.05, 3.63) is 12.2 Å². The first kappa shape index (κ1) is 64.1. The Kier molecular flexibility index (Phi) is 48.0. The molecule has 0 aromatic carbocycles. The maximum atomic E-state index is 12.8. The van der Waals surface area contributed by atoms with Crippen LogP contribution in [0.5, 0.6) is 0 Å². The van der Waals surface area contributed by atoms with E-state index in [0.717, 1.165) is 38.5 Å². The first-order valence-corrected chi connectivity index (χ1v) is 28.7. The molecule has 0 rings (SSSR count). The van der Waals surface area contributed by atoms with Crippen LogP contribution in [0.3, 0.4) is 0 Å². The molecule has 0 aliphatic carbocycles. The van der Waals surface area contributed by atoms with Crippen molar-refractivity contribution in [1.82, 2.24) is 0 Å². The first-order chi connectivity index (χ1) is 32.1. The second-order valence-corrected chi connectivity index (χ2v) is 20.9. The van der Waals surface area contributed by atoms with Crippen molar-refractivity contribution in [1.29, 1.82) is 0 Å². The topological polar surface area (TPSA) is 99.1 Å². The van der Waals surface area contributed by atoms with Crippen LogP contribution in [0.25, 0.3) is 0 Å². The summed E-state index contributed by atoms with van der Waals surface area (Å²) in [6.45, 7) is 4.80. The zero-order valence-electron chi connectivity index (χ0n) is 44.7. The van der Waals surface area contributed by atoms with Gasteiger partial charge in [0.1, 0.15) is 6.61 Å². The highest BCUT2D eigenvalue weighted by Crippen LogP contribution is 2.17. The lowest BCUT2D eigenvalue weighted by Crippen LogP contribution is -2.50. The van der Waals surface area contributed by atoms with E-state index in [0.29, 0.717) is 19.3 Å². The summed E-state index contributed by atoms with van der Waals surface area (Å²) >= 11 is 0. The number of nitrogens with zero attached hydrogens (tertiary/aromatic N) is 1. The molecular weight excluding hydrogens is 823 g/mol. The van der Waals surface area contributed by atoms with Crippen molar-refractivity contribution in [3.63, 3.8) is 0 Å². The fraction of sp³-hybridized carbons (Fsp3) is 0.914. The molecule has 0 aliphatic heterocycles. The Morgan fingerprint density at radius 2 is 0.758 bits per heavy atom. The van der Waals surface area contributed by atoms with Gasteiger partial charge in [0.2, 0.25) is 0 Å². The number of hydrogen-bond acceptors (Lipinski definition) is 6. The van der Waals surface area contributed by atoms with E-state index in [-0.39, 0.29) is 36.2 Å². The van der Waals surface area contributed by atoms with Crippen LogP contribution in [-0.2, 0) is 28.6 Å². The molecule has 0 bridgehead atoms. The Hall–Kier alpha value is -1.93. The van der Waals surface area contributed by atoms with E-state index in [9.17, 15) is 19.5 Å². The quantitative estimate of drug-likeness (QED) is 0.0281. The molecule has 0 aromatic heterocycles. The standard InChI is InChI=1S/C58H111NO7/c1-6-8-10-12-14-16-18-20-22-24-26-27-28-29-31-32-34-36-38-40-42-44-46-48-56(60)65-53-54(52-64-51-50-55(58(62)63)59(3,4)5)66-57(61)49-47-45-43-41-39-37-35-33-30-25-23-21-19-17-15-13-11-9-7-2/h29,31,54-55H,6-28,30,32-53H2,1-5H3/p+1/b31-29+. The Morgan fingerprint density at radius 3 is 1.09 bits per heavy atom. The first-order valence-electron chi connectivity index (χ1n) is 28.7. The number of carbonyl (C=O) groups excluding carboxylic acids is 2. The van der Waals surface area contributed by atoms with Gasteiger partial charge in [0.15, 0.2) is 12.1 Å². The van der Waals surface area contributed by atoms with E-state index >= 15 is 0 Å². The van der Waals surface area contributed by atoms with E-state index in [1.54, 1.807) is 0 Å². The normalized spacial score (nSPS) is 12.8. The molecule has 0 radical (unpaired) electrons. The summed E-state index contributed by atoms with van der Waals surface area (Å²) in [6, 6.07) is -0.612. The van der Waals surface area contributed by atoms with Gasteiger partial charge in [-0.15, -0.1) is 0 Å². The van der Waals surface area contributed by atoms with Crippen molar-refractivity contribution >= 4 is 17.9 Å². The summed E-state index contributed by atoms with van der Waals surface area (Å²) in [6.07, 6.45) is 57.0. The maximum Gasteiger partial charge on any atom is 0.362 e. The van der Waals surface area contributed by atoms with Crippen LogP contribution >= 0.6 is 0 Å². The molecule has 0 aliphatic rings. The Bertz CT molecular complexity index is 1090. The summed E-state index contributed by atoms with van der Waals surface area (Å²) in [5, 5.41) is 9.67. The van der Waals surface area contributed by atoms with Gasteiger partial charge in [-0.1, -0.05) is 244 Å². The van der Waals surface area contributed by atoms with Crippen LogP contribution in [0.15, 0.2) is 12.2 Å². The van der Waals surface area contributed by atoms with E-state index in [1.165, 1.54) is 218 Å². The second-order valence-electron chi connectivity index (χ2n) is 20.9. The molecule has 0 amide bonds. The van der Waals surface area contributed by atoms with Gasteiger partial charge in [-0.2, -0.15) is 0 Å². The van der Waals surface area contributed by atoms with Crippen LogP contribution in [-0.4, -0.2) is 80.6 Å². The number of hydrogen-bond donors (Lipinski definition) is 1. The minimum Gasteiger partial charge on any atom is -0.477 e. The SMILES string of the molecule is CCCCCCCCCCCCCC/C=C/CCCCCCCCCC(=O)OCC(COCCC(C(=O)O)[N+](C)(C)C)OC(=O)CCCCCCCCCCCCCCCCCCCCC. The number of unbranched alkanes of at least 4 members (excludes halogenated alkanes) is 37. The molecule has 0 spiro atoms. The highest BCUT2D eigenvalue weighted by Gasteiger charge is 2.31. The van der Waals surface area contributed by atoms with Crippen LogP contribution < -0.4 is 0 Å². The summed E-state index contributed by atoms with van der Waals surface area (Å²) in [7, 11) is 5.55. The van der Waals surface area contributed by atoms with Gasteiger partial charge >= 0.3 is 17.9 Å². The highest BCUT2D eigenvalue weighted by molar-refractivity contribution is 5.72. The molecule has 66 heavy (non-hydrogen) atoms. The number of carboxylic acid groups (broad SMARTS) is 1. The number of aliphatic carboxylic acids is 1. The second kappa shape index (κ2) is 49.5. The lowest BCUT2D eigenvalue weighted by molar-refractivity contribution is -0.887. The van der Waals surface area contributed by atoms with Crippen LogP contribution in [0, 0.1) is 0 Å². The van der Waals surface area contributed by atoms with E-state index < -0.39 is 18.1 Å². The summed E-state index contributed by atoms with van der Waals surface area (Å²) in [5.41, 5.74) is 0. The molecule has 8 nitrogen and oxygen atoms in total. The van der Waals surface area contributed by atoms with Crippen molar-refractivity contribution in [2.45, 2.75) is 302 Å². The number of rotatable bonds is 53. The number of esters is 2. The average Bonchev–Trinajstić information content (AvgIpc) is 3.28. The molecule has 0 fully saturated rings. The largest absolute Gasteiger partial charge is 0.477 e. The number of carboxylic acids is 1. The maximum absolute atomic E-state index is 12.8. The minimum absolute atomic E-state index is 0.0464. The number of carbonyl (C=O) groups is 3. The predicted octanol–water partition coefficient (Wildman–Crippen LogP) is 17.0. The van der Waals surface area contributed by atoms with Crippen LogP contribution in [0.1, 0.15) is 290 Å². The molecule has 390 valence electrons. The Morgan fingerprint density at radius 1 is 0.439 bits per heavy atom. The van der Waals surface area contributed by atoms with Gasteiger partial charge in [0, 0.05) is 19.3 Å². The van der Waals surface area contributed by atoms with Crippen molar-refractivity contribution in [2.24, 2.45) is 0 Å². The number of allylic oxidation sites excluding steroid dienone is 2. The van der Waals surface area contributed by atoms with Crippen molar-refractivity contribution < 1.29 is 38.2 Å². The molecule has 0 heterocycles. The highest BCUT2D eigenvalue weighted by atomic mass is 16.6.